The van der Waals surface area contributed by atoms with E-state index in [0.29, 0.717) is 5.33 Å². The molecule has 0 spiro atoms. The summed E-state index contributed by atoms with van der Waals surface area (Å²) in [5.74, 6) is -0.0177. The highest BCUT2D eigenvalue weighted by Gasteiger charge is 2.07. The molecule has 0 bridgehead atoms. The predicted octanol–water partition coefficient (Wildman–Crippen LogP) is 3.09. The van der Waals surface area contributed by atoms with Crippen molar-refractivity contribution in [1.82, 2.24) is 0 Å². The molecule has 0 aromatic heterocycles. The smallest absolute Gasteiger partial charge is 0.128 e. The van der Waals surface area contributed by atoms with E-state index in [4.69, 9.17) is 0 Å². The first-order valence-corrected chi connectivity index (χ1v) is 6.31. The van der Waals surface area contributed by atoms with Crippen molar-refractivity contribution in [3.63, 3.8) is 0 Å². The van der Waals surface area contributed by atoms with Gasteiger partial charge < -0.3 is 4.79 Å². The van der Waals surface area contributed by atoms with E-state index in [-0.39, 0.29) is 5.92 Å². The quantitative estimate of drug-likeness (QED) is 0.469. The summed E-state index contributed by atoms with van der Waals surface area (Å²) in [4.78, 5) is 11.9. The Labute approximate surface area is 91.0 Å². The summed E-state index contributed by atoms with van der Waals surface area (Å²) in [5.41, 5.74) is 1.07. The van der Waals surface area contributed by atoms with Crippen molar-refractivity contribution in [2.24, 2.45) is 0 Å². The summed E-state index contributed by atoms with van der Waals surface area (Å²) in [6, 6.07) is 8.09. The molecule has 13 heavy (non-hydrogen) atoms. The Morgan fingerprint density at radius 1 is 1.46 bits per heavy atom. The molecule has 0 saturated carbocycles. The summed E-state index contributed by atoms with van der Waals surface area (Å²) in [7, 11) is 0. The molecule has 3 heteroatoms. The molecule has 0 N–H and O–H groups in total. The molecule has 0 aliphatic carbocycles. The van der Waals surface area contributed by atoms with E-state index < -0.39 is 0 Å². The van der Waals surface area contributed by atoms with Crippen LogP contribution in [0.2, 0.25) is 0 Å². The first kappa shape index (κ1) is 10.8. The minimum absolute atomic E-state index is 0.0177. The SMILES string of the molecule is CSc1ccc(C(C=O)CBr)cc1. The lowest BCUT2D eigenvalue weighted by Crippen LogP contribution is -2.00. The molecule has 1 aromatic rings. The van der Waals surface area contributed by atoms with Crippen LogP contribution in [-0.4, -0.2) is 17.9 Å². The number of halogens is 1. The maximum atomic E-state index is 10.7. The fourth-order valence-electron chi connectivity index (χ4n) is 1.06. The monoisotopic (exact) mass is 258 g/mol. The molecule has 0 radical (unpaired) electrons. The Bertz CT molecular complexity index is 271. The van der Waals surface area contributed by atoms with E-state index in [1.165, 1.54) is 4.90 Å². The van der Waals surface area contributed by atoms with Crippen LogP contribution in [0.15, 0.2) is 29.2 Å². The van der Waals surface area contributed by atoms with Crippen LogP contribution in [0.5, 0.6) is 0 Å². The second-order valence-electron chi connectivity index (χ2n) is 2.67. The third-order valence-electron chi connectivity index (χ3n) is 1.87. The van der Waals surface area contributed by atoms with Crippen molar-refractivity contribution in [3.05, 3.63) is 29.8 Å². The van der Waals surface area contributed by atoms with Crippen LogP contribution in [0, 0.1) is 0 Å². The average molecular weight is 259 g/mol. The molecule has 1 nitrogen and oxygen atoms in total. The average Bonchev–Trinajstić information content (AvgIpc) is 2.21. The third-order valence-corrected chi connectivity index (χ3v) is 3.32. The van der Waals surface area contributed by atoms with Gasteiger partial charge in [0, 0.05) is 16.1 Å². The van der Waals surface area contributed by atoms with Gasteiger partial charge in [-0.15, -0.1) is 11.8 Å². The molecule has 0 amide bonds. The van der Waals surface area contributed by atoms with Crippen molar-refractivity contribution < 1.29 is 4.79 Å². The van der Waals surface area contributed by atoms with Gasteiger partial charge in [-0.05, 0) is 24.0 Å². The van der Waals surface area contributed by atoms with Crippen molar-refractivity contribution in [2.45, 2.75) is 10.8 Å². The Balaban J connectivity index is 2.83. The molecule has 0 saturated heterocycles. The number of rotatable bonds is 4. The second-order valence-corrected chi connectivity index (χ2v) is 4.20. The highest BCUT2D eigenvalue weighted by Crippen LogP contribution is 2.20. The van der Waals surface area contributed by atoms with Gasteiger partial charge in [0.1, 0.15) is 6.29 Å². The number of alkyl halides is 1. The summed E-state index contributed by atoms with van der Waals surface area (Å²) >= 11 is 5.02. The summed E-state index contributed by atoms with van der Waals surface area (Å²) in [6.07, 6.45) is 3.01. The van der Waals surface area contributed by atoms with Gasteiger partial charge in [-0.1, -0.05) is 28.1 Å². The van der Waals surface area contributed by atoms with Gasteiger partial charge >= 0.3 is 0 Å². The molecule has 70 valence electrons. The second kappa shape index (κ2) is 5.45. The maximum absolute atomic E-state index is 10.7. The first-order chi connectivity index (χ1) is 6.31. The van der Waals surface area contributed by atoms with E-state index in [9.17, 15) is 4.79 Å². The maximum Gasteiger partial charge on any atom is 0.128 e. The highest BCUT2D eigenvalue weighted by molar-refractivity contribution is 9.09. The molecule has 1 aromatic carbocycles. The molecule has 0 fully saturated rings. The van der Waals surface area contributed by atoms with Crippen molar-refractivity contribution >= 4 is 34.0 Å². The van der Waals surface area contributed by atoms with Crippen molar-refractivity contribution in [1.29, 1.82) is 0 Å². The molecule has 1 rings (SSSR count). The van der Waals surface area contributed by atoms with Gasteiger partial charge in [-0.25, -0.2) is 0 Å². The van der Waals surface area contributed by atoms with Crippen LogP contribution in [0.4, 0.5) is 0 Å². The van der Waals surface area contributed by atoms with Gasteiger partial charge in [0.2, 0.25) is 0 Å². The van der Waals surface area contributed by atoms with E-state index in [1.54, 1.807) is 11.8 Å². The van der Waals surface area contributed by atoms with Crippen LogP contribution >= 0.6 is 27.7 Å². The first-order valence-electron chi connectivity index (χ1n) is 3.97. The number of thioether (sulfide) groups is 1. The van der Waals surface area contributed by atoms with E-state index >= 15 is 0 Å². The normalized spacial score (nSPS) is 12.5. The summed E-state index contributed by atoms with van der Waals surface area (Å²) < 4.78 is 0. The molecule has 0 aliphatic heterocycles. The zero-order valence-electron chi connectivity index (χ0n) is 7.37. The minimum Gasteiger partial charge on any atom is -0.303 e. The lowest BCUT2D eigenvalue weighted by Gasteiger charge is -2.06. The zero-order valence-corrected chi connectivity index (χ0v) is 9.77. The zero-order chi connectivity index (χ0) is 9.68. The Morgan fingerprint density at radius 3 is 2.46 bits per heavy atom. The van der Waals surface area contributed by atoms with Crippen LogP contribution in [0.3, 0.4) is 0 Å². The Morgan fingerprint density at radius 2 is 2.08 bits per heavy atom. The fraction of sp³-hybridized carbons (Fsp3) is 0.300. The number of benzene rings is 1. The molecule has 1 atom stereocenters. The molecule has 0 heterocycles. The van der Waals surface area contributed by atoms with E-state index in [2.05, 4.69) is 15.9 Å². The molecular formula is C10H11BrOS. The number of hydrogen-bond acceptors (Lipinski definition) is 2. The molecular weight excluding hydrogens is 248 g/mol. The van der Waals surface area contributed by atoms with Crippen LogP contribution < -0.4 is 0 Å². The van der Waals surface area contributed by atoms with Gasteiger partial charge in [0.25, 0.3) is 0 Å². The fourth-order valence-corrected chi connectivity index (χ4v) is 1.99. The topological polar surface area (TPSA) is 17.1 Å². The minimum atomic E-state index is -0.0177. The van der Waals surface area contributed by atoms with Crippen molar-refractivity contribution in [2.75, 3.05) is 11.6 Å². The predicted molar refractivity (Wildman–Crippen MR) is 60.8 cm³/mol. The summed E-state index contributed by atoms with van der Waals surface area (Å²) in [5, 5.41) is 0.690. The van der Waals surface area contributed by atoms with Gasteiger partial charge in [-0.3, -0.25) is 0 Å². The van der Waals surface area contributed by atoms with Crippen LogP contribution in [0.25, 0.3) is 0 Å². The number of aldehydes is 1. The number of carbonyl (C=O) groups excluding carboxylic acids is 1. The van der Waals surface area contributed by atoms with Crippen molar-refractivity contribution in [3.8, 4) is 0 Å². The van der Waals surface area contributed by atoms with E-state index in [1.807, 2.05) is 30.5 Å². The lowest BCUT2D eigenvalue weighted by atomic mass is 10.0. The summed E-state index contributed by atoms with van der Waals surface area (Å²) in [6.45, 7) is 0. The highest BCUT2D eigenvalue weighted by atomic mass is 79.9. The number of hydrogen-bond donors (Lipinski definition) is 0. The number of carbonyl (C=O) groups is 1. The van der Waals surface area contributed by atoms with Gasteiger partial charge in [-0.2, -0.15) is 0 Å². The van der Waals surface area contributed by atoms with Crippen LogP contribution in [0.1, 0.15) is 11.5 Å². The van der Waals surface area contributed by atoms with E-state index in [0.717, 1.165) is 11.8 Å². The Hall–Kier alpha value is -0.280. The lowest BCUT2D eigenvalue weighted by molar-refractivity contribution is -0.108. The van der Waals surface area contributed by atoms with Gasteiger partial charge in [0.15, 0.2) is 0 Å². The standard InChI is InChI=1S/C10H11BrOS/c1-13-10-4-2-8(3-5-10)9(6-11)7-12/h2-5,7,9H,6H2,1H3. The largest absolute Gasteiger partial charge is 0.303 e. The van der Waals surface area contributed by atoms with Crippen LogP contribution in [-0.2, 0) is 4.79 Å². The van der Waals surface area contributed by atoms with Gasteiger partial charge in [0.05, 0.1) is 0 Å². The molecule has 1 unspecified atom stereocenters. The Kier molecular flexibility index (Phi) is 4.53. The molecule has 0 aliphatic rings. The third kappa shape index (κ3) is 2.85.